The maximum Gasteiger partial charge on any atom is 0.143 e. The van der Waals surface area contributed by atoms with E-state index < -0.39 is 0 Å². The molecule has 9 rings (SSSR count). The summed E-state index contributed by atoms with van der Waals surface area (Å²) in [6, 6.07) is 53.7. The Hall–Kier alpha value is -5.73. The molecule has 2 heterocycles. The van der Waals surface area contributed by atoms with Crippen LogP contribution in [0.15, 0.2) is 156 Å². The molecule has 0 aliphatic carbocycles. The van der Waals surface area contributed by atoms with Gasteiger partial charge in [-0.05, 0) is 63.2 Å². The van der Waals surface area contributed by atoms with E-state index in [0.717, 1.165) is 61.0 Å². The van der Waals surface area contributed by atoms with E-state index in [4.69, 9.17) is 9.40 Å². The summed E-state index contributed by atoms with van der Waals surface area (Å²) < 4.78 is 6.34. The van der Waals surface area contributed by atoms with Gasteiger partial charge in [-0.1, -0.05) is 121 Å². The minimum atomic E-state index is 0.914. The topological polar surface area (TPSA) is 26.0 Å². The fraction of sp³-hybridized carbons (Fsp3) is 0. The van der Waals surface area contributed by atoms with Crippen molar-refractivity contribution in [1.29, 1.82) is 0 Å². The van der Waals surface area contributed by atoms with Crippen molar-refractivity contribution in [2.45, 2.75) is 0 Å². The van der Waals surface area contributed by atoms with Crippen LogP contribution in [-0.4, -0.2) is 4.98 Å². The Morgan fingerprint density at radius 2 is 0.907 bits per heavy atom. The van der Waals surface area contributed by atoms with Crippen molar-refractivity contribution in [1.82, 2.24) is 4.98 Å². The third-order valence-corrected chi connectivity index (χ3v) is 8.65. The summed E-state index contributed by atoms with van der Waals surface area (Å²) in [6.07, 6.45) is 0. The Bertz CT molecular complexity index is 2480. The summed E-state index contributed by atoms with van der Waals surface area (Å²) in [7, 11) is 0. The van der Waals surface area contributed by atoms with Gasteiger partial charge in [0.25, 0.3) is 0 Å². The van der Waals surface area contributed by atoms with Crippen LogP contribution in [0.4, 0.5) is 0 Å². The van der Waals surface area contributed by atoms with E-state index in [-0.39, 0.29) is 0 Å². The SMILES string of the molecule is c1cc(-c2cccc(-c3cccc4c3oc3ccccc34)c2)cc(-c2ccc3c4ccccc4c4ccccc4c3n2)c1. The van der Waals surface area contributed by atoms with Gasteiger partial charge in [0.15, 0.2) is 0 Å². The number of furan rings is 1. The zero-order valence-corrected chi connectivity index (χ0v) is 23.3. The molecule has 0 spiro atoms. The maximum atomic E-state index is 6.34. The predicted octanol–water partition coefficient (Wildman–Crippen LogP) is 11.4. The molecule has 0 amide bonds. The second-order valence-corrected chi connectivity index (χ2v) is 11.1. The second-order valence-electron chi connectivity index (χ2n) is 11.1. The lowest BCUT2D eigenvalue weighted by molar-refractivity contribution is 0.670. The smallest absolute Gasteiger partial charge is 0.143 e. The Kier molecular flexibility index (Phi) is 5.23. The monoisotopic (exact) mass is 547 g/mol. The first kappa shape index (κ1) is 23.9. The molecule has 2 nitrogen and oxygen atoms in total. The molecule has 0 radical (unpaired) electrons. The molecule has 2 heteroatoms. The second kappa shape index (κ2) is 9.40. The van der Waals surface area contributed by atoms with Crippen molar-refractivity contribution in [3.8, 4) is 33.5 Å². The normalized spacial score (nSPS) is 11.7. The van der Waals surface area contributed by atoms with E-state index in [1.165, 1.54) is 26.9 Å². The third kappa shape index (κ3) is 3.77. The highest BCUT2D eigenvalue weighted by Crippen LogP contribution is 2.38. The highest BCUT2D eigenvalue weighted by atomic mass is 16.3. The van der Waals surface area contributed by atoms with Gasteiger partial charge in [0.05, 0.1) is 11.2 Å². The molecular weight excluding hydrogens is 522 g/mol. The van der Waals surface area contributed by atoms with Gasteiger partial charge in [0, 0.05) is 32.7 Å². The summed E-state index contributed by atoms with van der Waals surface area (Å²) in [5.41, 5.74) is 9.49. The lowest BCUT2D eigenvalue weighted by Crippen LogP contribution is -1.90. The molecule has 43 heavy (non-hydrogen) atoms. The molecule has 0 aliphatic heterocycles. The van der Waals surface area contributed by atoms with Crippen LogP contribution in [0.25, 0.3) is 87.9 Å². The van der Waals surface area contributed by atoms with Crippen LogP contribution in [0.2, 0.25) is 0 Å². The predicted molar refractivity (Wildman–Crippen MR) is 180 cm³/mol. The molecule has 0 unspecified atom stereocenters. The summed E-state index contributed by atoms with van der Waals surface area (Å²) in [6.45, 7) is 0. The van der Waals surface area contributed by atoms with Crippen LogP contribution in [0, 0.1) is 0 Å². The Morgan fingerprint density at radius 3 is 1.67 bits per heavy atom. The van der Waals surface area contributed by atoms with Gasteiger partial charge >= 0.3 is 0 Å². The average Bonchev–Trinajstić information content (AvgIpc) is 3.47. The van der Waals surface area contributed by atoms with Crippen LogP contribution in [0.5, 0.6) is 0 Å². The van der Waals surface area contributed by atoms with Crippen molar-refractivity contribution in [2.24, 2.45) is 0 Å². The standard InChI is InChI=1S/C41H25NO/c1-2-16-33-31(14-1)32-15-3-4-18-35(32)40-36(33)22-23-38(42-40)29-13-8-11-27(25-29)26-10-7-12-28(24-26)30-19-9-20-37-34-17-5-6-21-39(34)43-41(30)37/h1-25H. The van der Waals surface area contributed by atoms with Crippen LogP contribution < -0.4 is 0 Å². The number of benzene rings is 7. The summed E-state index contributed by atoms with van der Waals surface area (Å²) >= 11 is 0. The van der Waals surface area contributed by atoms with Gasteiger partial charge in [-0.3, -0.25) is 0 Å². The fourth-order valence-electron chi connectivity index (χ4n) is 6.62. The van der Waals surface area contributed by atoms with E-state index in [1.807, 2.05) is 12.1 Å². The number of hydrogen-bond donors (Lipinski definition) is 0. The maximum absolute atomic E-state index is 6.34. The molecule has 0 aliphatic rings. The minimum Gasteiger partial charge on any atom is -0.455 e. The van der Waals surface area contributed by atoms with Crippen molar-refractivity contribution < 1.29 is 4.42 Å². The lowest BCUT2D eigenvalue weighted by atomic mass is 9.95. The molecular formula is C41H25NO. The Balaban J connectivity index is 1.17. The zero-order chi connectivity index (χ0) is 28.3. The average molecular weight is 548 g/mol. The number of rotatable bonds is 3. The molecule has 0 bridgehead atoms. The number of fused-ring (bicyclic) bond motifs is 9. The molecule has 200 valence electrons. The number of para-hydroxylation sites is 2. The van der Waals surface area contributed by atoms with E-state index in [9.17, 15) is 0 Å². The van der Waals surface area contributed by atoms with E-state index in [2.05, 4.69) is 140 Å². The first-order valence-electron chi connectivity index (χ1n) is 14.6. The Labute approximate surface area is 248 Å². The van der Waals surface area contributed by atoms with Gasteiger partial charge in [0.1, 0.15) is 11.2 Å². The van der Waals surface area contributed by atoms with Crippen molar-refractivity contribution in [2.75, 3.05) is 0 Å². The van der Waals surface area contributed by atoms with Gasteiger partial charge in [-0.2, -0.15) is 0 Å². The number of hydrogen-bond acceptors (Lipinski definition) is 2. The van der Waals surface area contributed by atoms with E-state index >= 15 is 0 Å². The first-order chi connectivity index (χ1) is 21.3. The van der Waals surface area contributed by atoms with Gasteiger partial charge in [-0.15, -0.1) is 0 Å². The van der Waals surface area contributed by atoms with Gasteiger partial charge in [-0.25, -0.2) is 4.98 Å². The van der Waals surface area contributed by atoms with E-state index in [1.54, 1.807) is 0 Å². The first-order valence-corrected chi connectivity index (χ1v) is 14.6. The lowest BCUT2D eigenvalue weighted by Gasteiger charge is -2.12. The molecule has 7 aromatic carbocycles. The van der Waals surface area contributed by atoms with Crippen LogP contribution >= 0.6 is 0 Å². The highest BCUT2D eigenvalue weighted by molar-refractivity contribution is 6.24. The highest BCUT2D eigenvalue weighted by Gasteiger charge is 2.14. The molecule has 0 fully saturated rings. The largest absolute Gasteiger partial charge is 0.455 e. The molecule has 0 saturated heterocycles. The van der Waals surface area contributed by atoms with Gasteiger partial charge in [0.2, 0.25) is 0 Å². The number of nitrogens with zero attached hydrogens (tertiary/aromatic N) is 1. The quantitative estimate of drug-likeness (QED) is 0.206. The molecule has 2 aromatic heterocycles. The zero-order valence-electron chi connectivity index (χ0n) is 23.3. The van der Waals surface area contributed by atoms with Crippen LogP contribution in [0.3, 0.4) is 0 Å². The number of pyridine rings is 1. The number of aromatic nitrogens is 1. The van der Waals surface area contributed by atoms with Crippen molar-refractivity contribution in [3.05, 3.63) is 152 Å². The van der Waals surface area contributed by atoms with E-state index in [0.29, 0.717) is 0 Å². The summed E-state index contributed by atoms with van der Waals surface area (Å²) in [5, 5.41) is 8.39. The summed E-state index contributed by atoms with van der Waals surface area (Å²) in [5.74, 6) is 0. The van der Waals surface area contributed by atoms with Crippen molar-refractivity contribution in [3.63, 3.8) is 0 Å². The molecule has 0 N–H and O–H groups in total. The minimum absolute atomic E-state index is 0.914. The van der Waals surface area contributed by atoms with Gasteiger partial charge < -0.3 is 4.42 Å². The Morgan fingerprint density at radius 1 is 0.372 bits per heavy atom. The fourth-order valence-corrected chi connectivity index (χ4v) is 6.62. The van der Waals surface area contributed by atoms with Crippen LogP contribution in [0.1, 0.15) is 0 Å². The molecule has 0 atom stereocenters. The third-order valence-electron chi connectivity index (χ3n) is 8.65. The summed E-state index contributed by atoms with van der Waals surface area (Å²) in [4.78, 5) is 5.27. The molecule has 9 aromatic rings. The van der Waals surface area contributed by atoms with Crippen molar-refractivity contribution >= 4 is 54.4 Å². The molecule has 0 saturated carbocycles. The van der Waals surface area contributed by atoms with Crippen LogP contribution in [-0.2, 0) is 0 Å².